The number of fused-ring (bicyclic) bond motifs is 7. The quantitative estimate of drug-likeness (QED) is 0.0610. The topological polar surface area (TPSA) is 393 Å². The highest BCUT2D eigenvalue weighted by Gasteiger charge is 2.72. The molecule has 5 aliphatic heterocycles. The fourth-order valence-corrected chi connectivity index (χ4v) is 17.5. The van der Waals surface area contributed by atoms with Gasteiger partial charge >= 0.3 is 5.97 Å². The first kappa shape index (κ1) is 64.3. The Bertz CT molecular complexity index is 2330. The van der Waals surface area contributed by atoms with E-state index in [0.717, 1.165) is 24.8 Å². The highest BCUT2D eigenvalue weighted by atomic mass is 16.8. The van der Waals surface area contributed by atoms with E-state index < -0.39 is 195 Å². The molecule has 476 valence electrons. The van der Waals surface area contributed by atoms with Crippen LogP contribution in [0.1, 0.15) is 120 Å². The number of carbonyl (C=O) groups is 1. The van der Waals surface area contributed by atoms with Gasteiger partial charge in [0.25, 0.3) is 0 Å². The molecule has 25 heteroatoms. The molecule has 32 atom stereocenters. The van der Waals surface area contributed by atoms with E-state index in [4.69, 9.17) is 47.4 Å². The molecular weight excluding hydrogens is 1100 g/mol. The van der Waals surface area contributed by atoms with Crippen LogP contribution in [0, 0.1) is 50.2 Å². The van der Waals surface area contributed by atoms with Crippen LogP contribution in [0.25, 0.3) is 0 Å². The molecular formula is C58H94O25. The Morgan fingerprint density at radius 2 is 1.10 bits per heavy atom. The van der Waals surface area contributed by atoms with E-state index >= 15 is 4.79 Å². The molecule has 10 aliphatic rings. The highest BCUT2D eigenvalue weighted by Crippen LogP contribution is 2.76. The number of hydrogen-bond acceptors (Lipinski definition) is 25. The molecule has 0 aromatic rings. The summed E-state index contributed by atoms with van der Waals surface area (Å²) in [6, 6.07) is 0. The monoisotopic (exact) mass is 1190 g/mol. The lowest BCUT2D eigenvalue weighted by atomic mass is 9.33. The fraction of sp³-hybridized carbons (Fsp3) is 0.948. The second-order valence-electron chi connectivity index (χ2n) is 28.3. The van der Waals surface area contributed by atoms with E-state index in [2.05, 4.69) is 54.5 Å². The summed E-state index contributed by atoms with van der Waals surface area (Å²) in [5.41, 5.74) is -2.28. The summed E-state index contributed by atoms with van der Waals surface area (Å²) in [6.45, 7) is 17.2. The molecule has 6 unspecified atom stereocenters. The van der Waals surface area contributed by atoms with Crippen molar-refractivity contribution in [2.24, 2.45) is 50.2 Å². The Hall–Kier alpha value is -1.71. The lowest BCUT2D eigenvalue weighted by molar-refractivity contribution is -0.374. The van der Waals surface area contributed by atoms with Gasteiger partial charge in [-0.3, -0.25) is 4.79 Å². The number of aliphatic hydroxyl groups is 14. The molecule has 0 aromatic carbocycles. The average Bonchev–Trinajstić information content (AvgIpc) is 3.53. The average molecular weight is 1190 g/mol. The van der Waals surface area contributed by atoms with Gasteiger partial charge < -0.3 is 119 Å². The number of allylic oxidation sites excluding steroid dienone is 2. The molecule has 0 aromatic heterocycles. The van der Waals surface area contributed by atoms with Crippen LogP contribution in [0.5, 0.6) is 0 Å². The van der Waals surface area contributed by atoms with E-state index in [-0.39, 0.29) is 47.5 Å². The molecule has 0 bridgehead atoms. The summed E-state index contributed by atoms with van der Waals surface area (Å²) in [5.74, 6) is -1.00. The van der Waals surface area contributed by atoms with E-state index in [0.29, 0.717) is 25.7 Å². The van der Waals surface area contributed by atoms with Gasteiger partial charge in [-0.1, -0.05) is 60.1 Å². The Labute approximate surface area is 483 Å². The van der Waals surface area contributed by atoms with Crippen LogP contribution in [-0.2, 0) is 52.2 Å². The lowest BCUT2D eigenvalue weighted by Crippen LogP contribution is -2.68. The van der Waals surface area contributed by atoms with Crippen LogP contribution in [0.3, 0.4) is 0 Å². The lowest BCUT2D eigenvalue weighted by Gasteiger charge is -2.71. The Morgan fingerprint density at radius 3 is 1.72 bits per heavy atom. The van der Waals surface area contributed by atoms with Gasteiger partial charge in [-0.15, -0.1) is 0 Å². The summed E-state index contributed by atoms with van der Waals surface area (Å²) in [4.78, 5) is 15.4. The van der Waals surface area contributed by atoms with Crippen LogP contribution in [0.4, 0.5) is 0 Å². The van der Waals surface area contributed by atoms with Crippen LogP contribution in [-0.4, -0.2) is 251 Å². The van der Waals surface area contributed by atoms with E-state index in [1.54, 1.807) is 6.92 Å². The second-order valence-corrected chi connectivity index (χ2v) is 28.3. The minimum Gasteiger partial charge on any atom is -0.432 e. The third kappa shape index (κ3) is 10.6. The summed E-state index contributed by atoms with van der Waals surface area (Å²) >= 11 is 0. The maximum Gasteiger partial charge on any atom is 0.317 e. The predicted molar refractivity (Wildman–Crippen MR) is 282 cm³/mol. The number of aliphatic hydroxyl groups excluding tert-OH is 14. The molecule has 5 heterocycles. The van der Waals surface area contributed by atoms with Crippen molar-refractivity contribution in [1.82, 2.24) is 0 Å². The molecule has 0 spiro atoms. The van der Waals surface area contributed by atoms with Gasteiger partial charge in [-0.05, 0) is 116 Å². The van der Waals surface area contributed by atoms with Crippen molar-refractivity contribution in [3.05, 3.63) is 11.6 Å². The van der Waals surface area contributed by atoms with Gasteiger partial charge in [0.15, 0.2) is 31.3 Å². The largest absolute Gasteiger partial charge is 0.432 e. The van der Waals surface area contributed by atoms with Crippen LogP contribution < -0.4 is 0 Å². The zero-order valence-corrected chi connectivity index (χ0v) is 49.0. The van der Waals surface area contributed by atoms with Gasteiger partial charge in [0.2, 0.25) is 6.29 Å². The first-order valence-electron chi connectivity index (χ1n) is 30.0. The van der Waals surface area contributed by atoms with Gasteiger partial charge in [0.1, 0.15) is 97.0 Å². The summed E-state index contributed by atoms with van der Waals surface area (Å²) in [7, 11) is 0. The van der Waals surface area contributed by atoms with Crippen LogP contribution >= 0.6 is 0 Å². The first-order valence-corrected chi connectivity index (χ1v) is 30.0. The SMILES string of the molecule is C[C@@H]1OC(O[C@H]2[C@H](OC(=O)[C@]34CCC(C)(C)CC3C3=CCC5[C@@]6(C)CC[C@H](OC7O[C@@H](C)[C@H](O[C@@H]8OC[C@@H](O)[C@H](O)[C@H]8O)[C@@H](O)[C@H]7O)C(C)(C)C6CC[C@@]5(C)[C@]3(C)CC4O)OC[C@H](O)[C@H]2O)[C@H](O)[C@H](O)[C@H]1O[C@@H]1O[C@H](CO)[C@@H](O)[C@H](O)[C@H]1O. The molecule has 9 fully saturated rings. The van der Waals surface area contributed by atoms with Crippen molar-refractivity contribution in [2.75, 3.05) is 19.8 Å². The van der Waals surface area contributed by atoms with Gasteiger partial charge in [-0.2, -0.15) is 0 Å². The normalized spacial score (nSPS) is 55.1. The summed E-state index contributed by atoms with van der Waals surface area (Å²) in [5, 5.41) is 152. The van der Waals surface area contributed by atoms with Gasteiger partial charge in [0, 0.05) is 0 Å². The molecule has 83 heavy (non-hydrogen) atoms. The number of carbonyl (C=O) groups excluding carboxylic acids is 1. The van der Waals surface area contributed by atoms with Gasteiger partial charge in [0.05, 0.1) is 44.2 Å². The summed E-state index contributed by atoms with van der Waals surface area (Å²) in [6.07, 6.45) is -29.2. The highest BCUT2D eigenvalue weighted by molar-refractivity contribution is 5.80. The third-order valence-electron chi connectivity index (χ3n) is 22.7. The van der Waals surface area contributed by atoms with Crippen LogP contribution in [0.2, 0.25) is 0 Å². The molecule has 0 radical (unpaired) electrons. The fourth-order valence-electron chi connectivity index (χ4n) is 17.5. The third-order valence-corrected chi connectivity index (χ3v) is 22.7. The van der Waals surface area contributed by atoms with E-state index in [1.165, 1.54) is 6.92 Å². The number of esters is 1. The molecule has 10 rings (SSSR count). The van der Waals surface area contributed by atoms with Crippen molar-refractivity contribution in [2.45, 2.75) is 274 Å². The molecule has 0 amide bonds. The Morgan fingerprint density at radius 1 is 0.554 bits per heavy atom. The first-order chi connectivity index (χ1) is 38.8. The summed E-state index contributed by atoms with van der Waals surface area (Å²) < 4.78 is 59.6. The molecule has 4 saturated carbocycles. The second kappa shape index (κ2) is 23.3. The molecule has 14 N–H and O–H groups in total. The van der Waals surface area contributed by atoms with Crippen molar-refractivity contribution >= 4 is 5.97 Å². The minimum absolute atomic E-state index is 0.129. The van der Waals surface area contributed by atoms with Crippen molar-refractivity contribution < 1.29 is 124 Å². The zero-order chi connectivity index (χ0) is 60.6. The number of rotatable bonds is 11. The maximum absolute atomic E-state index is 15.4. The minimum atomic E-state index is -1.93. The smallest absolute Gasteiger partial charge is 0.317 e. The molecule has 5 saturated heterocycles. The zero-order valence-electron chi connectivity index (χ0n) is 49.0. The van der Waals surface area contributed by atoms with Crippen LogP contribution in [0.15, 0.2) is 11.6 Å². The predicted octanol–water partition coefficient (Wildman–Crippen LogP) is -1.91. The number of hydrogen-bond donors (Lipinski definition) is 14. The molecule has 5 aliphatic carbocycles. The Balaban J connectivity index is 0.845. The van der Waals surface area contributed by atoms with E-state index in [9.17, 15) is 71.5 Å². The van der Waals surface area contributed by atoms with Crippen molar-refractivity contribution in [3.8, 4) is 0 Å². The van der Waals surface area contributed by atoms with Gasteiger partial charge in [-0.25, -0.2) is 0 Å². The number of ether oxygens (including phenoxy) is 10. The van der Waals surface area contributed by atoms with E-state index in [1.807, 2.05) is 0 Å². The standard InChI is InChI=1S/C58H94O25/c1-23-44(80-47-40(69)34(63)27(60)21-74-47)38(67)42(71)48(76-23)79-33-13-14-55(7)30(54(33,5)6)12-15-56(8)31(55)11-10-25-26-18-53(3,4)16-17-58(26,32(62)19-57(25,56)9)52(73)83-51-46(35(64)28(61)22-75-51)82-49-43(72)39(68)45(24(2)77-49)81-50-41(70)37(66)36(65)29(20-59)78-50/h10,23-24,26-51,59-72H,11-22H2,1-9H3/t23-,24-,26?,27+,28-,29+,30?,31?,32?,33-,34-,35+,36+,37-,38-,39-,40+,41+,42+,43+,44-,45-,46+,47-,48?,49?,50-,51-,55-,56+,57+,58+/m0/s1. The van der Waals surface area contributed by atoms with Crippen molar-refractivity contribution in [1.29, 1.82) is 0 Å². The Kier molecular flexibility index (Phi) is 18.0. The molecule has 25 nitrogen and oxygen atoms in total. The maximum atomic E-state index is 15.4. The van der Waals surface area contributed by atoms with Crippen molar-refractivity contribution in [3.63, 3.8) is 0 Å².